The van der Waals surface area contributed by atoms with Crippen molar-refractivity contribution in [3.05, 3.63) is 12.7 Å². The Kier molecular flexibility index (Phi) is 3.65. The first-order valence-corrected chi connectivity index (χ1v) is 2.37. The topological polar surface area (TPSA) is 38.0 Å². The highest BCUT2D eigenvalue weighted by Gasteiger charge is 1.88. The third-order valence-electron chi connectivity index (χ3n) is 0.842. The Morgan fingerprint density at radius 2 is 2.57 bits per heavy atom. The van der Waals surface area contributed by atoms with E-state index in [9.17, 15) is 0 Å². The van der Waals surface area contributed by atoms with Gasteiger partial charge in [0.15, 0.2) is 0 Å². The Morgan fingerprint density at radius 1 is 2.00 bits per heavy atom. The van der Waals surface area contributed by atoms with Crippen LogP contribution < -0.4 is 11.3 Å². The fourth-order valence-corrected chi connectivity index (χ4v) is 0.269. The molecule has 2 heteroatoms. The normalized spacial score (nSPS) is 13.4. The molecular formula is C5H12N2. The molecule has 0 heterocycles. The van der Waals surface area contributed by atoms with Gasteiger partial charge < -0.3 is 0 Å². The fraction of sp³-hybridized carbons (Fsp3) is 0.600. The predicted molar refractivity (Wildman–Crippen MR) is 31.6 cm³/mol. The lowest BCUT2D eigenvalue weighted by Crippen LogP contribution is -2.26. The van der Waals surface area contributed by atoms with Gasteiger partial charge in [-0.2, -0.15) is 0 Å². The first-order valence-electron chi connectivity index (χ1n) is 2.37. The van der Waals surface area contributed by atoms with Crippen molar-refractivity contribution in [2.75, 3.05) is 6.54 Å². The summed E-state index contributed by atoms with van der Waals surface area (Å²) >= 11 is 0. The minimum atomic E-state index is 0.477. The molecule has 0 aliphatic heterocycles. The second kappa shape index (κ2) is 3.84. The highest BCUT2D eigenvalue weighted by atomic mass is 15.2. The maximum Gasteiger partial charge on any atom is 0.0158 e. The molecule has 0 unspecified atom stereocenters. The van der Waals surface area contributed by atoms with Crippen LogP contribution in [0.3, 0.4) is 0 Å². The summed E-state index contributed by atoms with van der Waals surface area (Å²) in [6.45, 7) is 6.44. The molecule has 0 aromatic heterocycles. The van der Waals surface area contributed by atoms with Crippen molar-refractivity contribution in [2.45, 2.75) is 6.92 Å². The van der Waals surface area contributed by atoms with Crippen molar-refractivity contribution in [1.29, 1.82) is 0 Å². The SMILES string of the molecule is C=C[C@H](C)CNN. The van der Waals surface area contributed by atoms with Crippen LogP contribution in [0.2, 0.25) is 0 Å². The van der Waals surface area contributed by atoms with E-state index in [1.165, 1.54) is 0 Å². The van der Waals surface area contributed by atoms with E-state index in [0.29, 0.717) is 5.92 Å². The number of nitrogens with two attached hydrogens (primary N) is 1. The molecule has 0 fully saturated rings. The maximum absolute atomic E-state index is 5.01. The van der Waals surface area contributed by atoms with E-state index in [2.05, 4.69) is 12.0 Å². The molecule has 0 rings (SSSR count). The van der Waals surface area contributed by atoms with Crippen LogP contribution in [0.25, 0.3) is 0 Å². The van der Waals surface area contributed by atoms with Gasteiger partial charge in [0.25, 0.3) is 0 Å². The minimum absolute atomic E-state index is 0.477. The van der Waals surface area contributed by atoms with Crippen molar-refractivity contribution in [2.24, 2.45) is 11.8 Å². The summed E-state index contributed by atoms with van der Waals surface area (Å²) in [5.74, 6) is 5.48. The van der Waals surface area contributed by atoms with E-state index in [4.69, 9.17) is 5.84 Å². The van der Waals surface area contributed by atoms with E-state index >= 15 is 0 Å². The molecule has 42 valence electrons. The first kappa shape index (κ1) is 6.66. The van der Waals surface area contributed by atoms with E-state index in [1.807, 2.05) is 13.0 Å². The average molecular weight is 100 g/mol. The molecule has 0 amide bonds. The van der Waals surface area contributed by atoms with Crippen LogP contribution in [0, 0.1) is 5.92 Å². The van der Waals surface area contributed by atoms with Crippen LogP contribution in [0.1, 0.15) is 6.92 Å². The zero-order valence-electron chi connectivity index (χ0n) is 4.65. The molecule has 0 radical (unpaired) electrons. The molecule has 0 aliphatic rings. The minimum Gasteiger partial charge on any atom is -0.271 e. The van der Waals surface area contributed by atoms with Crippen LogP contribution in [-0.4, -0.2) is 6.54 Å². The quantitative estimate of drug-likeness (QED) is 0.303. The molecule has 3 N–H and O–H groups in total. The molecule has 0 saturated heterocycles. The zero-order valence-corrected chi connectivity index (χ0v) is 4.65. The standard InChI is InChI=1S/C5H12N2/c1-3-5(2)4-7-6/h3,5,7H,1,4,6H2,2H3/t5-/m0/s1. The molecule has 0 aromatic rings. The van der Waals surface area contributed by atoms with E-state index in [1.54, 1.807) is 0 Å². The predicted octanol–water partition coefficient (Wildman–Crippen LogP) is 0.272. The van der Waals surface area contributed by atoms with E-state index < -0.39 is 0 Å². The van der Waals surface area contributed by atoms with Gasteiger partial charge in [-0.05, 0) is 5.92 Å². The Hall–Kier alpha value is -0.340. The molecule has 1 atom stereocenters. The lowest BCUT2D eigenvalue weighted by Gasteiger charge is -2.00. The zero-order chi connectivity index (χ0) is 5.70. The monoisotopic (exact) mass is 100 g/mol. The highest BCUT2D eigenvalue weighted by molar-refractivity contribution is 4.75. The summed E-state index contributed by atoms with van der Waals surface area (Å²) in [6.07, 6.45) is 1.86. The first-order chi connectivity index (χ1) is 3.31. The fourth-order valence-electron chi connectivity index (χ4n) is 0.269. The van der Waals surface area contributed by atoms with Crippen LogP contribution >= 0.6 is 0 Å². The van der Waals surface area contributed by atoms with E-state index in [-0.39, 0.29) is 0 Å². The molecule has 0 aliphatic carbocycles. The van der Waals surface area contributed by atoms with Crippen LogP contribution in [-0.2, 0) is 0 Å². The number of hydrazine groups is 1. The summed E-state index contributed by atoms with van der Waals surface area (Å²) in [5, 5.41) is 0. The van der Waals surface area contributed by atoms with Crippen LogP contribution in [0.15, 0.2) is 12.7 Å². The van der Waals surface area contributed by atoms with Gasteiger partial charge >= 0.3 is 0 Å². The van der Waals surface area contributed by atoms with Gasteiger partial charge in [-0.15, -0.1) is 6.58 Å². The van der Waals surface area contributed by atoms with E-state index in [0.717, 1.165) is 6.54 Å². The molecule has 0 spiro atoms. The average Bonchev–Trinajstić information content (AvgIpc) is 1.68. The third kappa shape index (κ3) is 3.49. The number of rotatable bonds is 3. The Morgan fingerprint density at radius 3 is 2.71 bits per heavy atom. The molecular weight excluding hydrogens is 88.1 g/mol. The second-order valence-corrected chi connectivity index (χ2v) is 1.62. The van der Waals surface area contributed by atoms with Crippen molar-refractivity contribution in [3.63, 3.8) is 0 Å². The Balaban J connectivity index is 2.98. The van der Waals surface area contributed by atoms with Crippen molar-refractivity contribution in [1.82, 2.24) is 5.43 Å². The molecule has 0 aromatic carbocycles. The van der Waals surface area contributed by atoms with Crippen LogP contribution in [0.5, 0.6) is 0 Å². The molecule has 7 heavy (non-hydrogen) atoms. The largest absolute Gasteiger partial charge is 0.271 e. The van der Waals surface area contributed by atoms with Crippen molar-refractivity contribution in [3.8, 4) is 0 Å². The molecule has 2 nitrogen and oxygen atoms in total. The van der Waals surface area contributed by atoms with Gasteiger partial charge in [-0.25, -0.2) is 0 Å². The number of hydrogen-bond donors (Lipinski definition) is 2. The van der Waals surface area contributed by atoms with Gasteiger partial charge in [0, 0.05) is 6.54 Å². The van der Waals surface area contributed by atoms with Crippen molar-refractivity contribution < 1.29 is 0 Å². The summed E-state index contributed by atoms with van der Waals surface area (Å²) in [4.78, 5) is 0. The smallest absolute Gasteiger partial charge is 0.0158 e. The summed E-state index contributed by atoms with van der Waals surface area (Å²) in [5.41, 5.74) is 2.55. The summed E-state index contributed by atoms with van der Waals surface area (Å²) in [6, 6.07) is 0. The van der Waals surface area contributed by atoms with Gasteiger partial charge in [-0.1, -0.05) is 13.0 Å². The highest BCUT2D eigenvalue weighted by Crippen LogP contribution is 1.88. The Bertz CT molecular complexity index is 52.0. The number of hydrogen-bond acceptors (Lipinski definition) is 2. The lowest BCUT2D eigenvalue weighted by molar-refractivity contribution is 0.616. The second-order valence-electron chi connectivity index (χ2n) is 1.62. The van der Waals surface area contributed by atoms with Gasteiger partial charge in [0.2, 0.25) is 0 Å². The van der Waals surface area contributed by atoms with Gasteiger partial charge in [-0.3, -0.25) is 11.3 Å². The summed E-state index contributed by atoms with van der Waals surface area (Å²) < 4.78 is 0. The Labute approximate surface area is 44.4 Å². The van der Waals surface area contributed by atoms with Crippen LogP contribution in [0.4, 0.5) is 0 Å². The van der Waals surface area contributed by atoms with Crippen molar-refractivity contribution >= 4 is 0 Å². The van der Waals surface area contributed by atoms with Gasteiger partial charge in [0.1, 0.15) is 0 Å². The third-order valence-corrected chi connectivity index (χ3v) is 0.842. The number of nitrogens with one attached hydrogen (secondary N) is 1. The maximum atomic E-state index is 5.01. The molecule has 0 saturated carbocycles. The lowest BCUT2D eigenvalue weighted by atomic mass is 10.2. The summed E-state index contributed by atoms with van der Waals surface area (Å²) in [7, 11) is 0. The molecule has 0 bridgehead atoms. The van der Waals surface area contributed by atoms with Gasteiger partial charge in [0.05, 0.1) is 0 Å².